The highest BCUT2D eigenvalue weighted by atomic mass is 16.4. The van der Waals surface area contributed by atoms with Crippen LogP contribution in [0.3, 0.4) is 0 Å². The molecule has 6 nitrogen and oxygen atoms in total. The van der Waals surface area contributed by atoms with E-state index in [1.165, 1.54) is 0 Å². The first-order valence-electron chi connectivity index (χ1n) is 6.00. The van der Waals surface area contributed by atoms with Crippen molar-refractivity contribution < 1.29 is 19.8 Å². The minimum atomic E-state index is -0.927. The minimum Gasteiger partial charge on any atom is -0.480 e. The van der Waals surface area contributed by atoms with Crippen LogP contribution in [-0.4, -0.2) is 58.3 Å². The third-order valence-electron chi connectivity index (χ3n) is 3.23. The van der Waals surface area contributed by atoms with Crippen LogP contribution in [0.2, 0.25) is 0 Å². The summed E-state index contributed by atoms with van der Waals surface area (Å²) < 4.78 is 0. The van der Waals surface area contributed by atoms with Crippen LogP contribution in [0.4, 0.5) is 0 Å². The van der Waals surface area contributed by atoms with Crippen molar-refractivity contribution in [1.82, 2.24) is 10.2 Å². The van der Waals surface area contributed by atoms with E-state index in [0.717, 1.165) is 12.8 Å². The Labute approximate surface area is 99.6 Å². The van der Waals surface area contributed by atoms with E-state index in [-0.39, 0.29) is 12.3 Å². The molecule has 1 saturated carbocycles. The minimum absolute atomic E-state index is 0.0296. The van der Waals surface area contributed by atoms with Crippen molar-refractivity contribution in [3.63, 3.8) is 0 Å². The van der Waals surface area contributed by atoms with Crippen molar-refractivity contribution in [2.45, 2.75) is 43.9 Å². The smallest absolute Gasteiger partial charge is 0.321 e. The average molecular weight is 242 g/mol. The van der Waals surface area contributed by atoms with Gasteiger partial charge in [-0.15, -0.1) is 0 Å². The molecule has 2 aliphatic rings. The number of aliphatic hydroxyl groups is 1. The number of rotatable bonds is 5. The van der Waals surface area contributed by atoms with E-state index in [1.807, 2.05) is 0 Å². The lowest BCUT2D eigenvalue weighted by Gasteiger charge is -2.20. The number of aliphatic carboxylic acids is 1. The summed E-state index contributed by atoms with van der Waals surface area (Å²) in [6, 6.07) is -0.319. The van der Waals surface area contributed by atoms with Gasteiger partial charge in [-0.3, -0.25) is 14.5 Å². The Morgan fingerprint density at radius 1 is 1.35 bits per heavy atom. The largest absolute Gasteiger partial charge is 0.480 e. The molecule has 1 amide bonds. The Bertz CT molecular complexity index is 317. The summed E-state index contributed by atoms with van der Waals surface area (Å²) in [5, 5.41) is 21.3. The summed E-state index contributed by atoms with van der Waals surface area (Å²) in [6.45, 7) is 0.736. The number of nitrogens with one attached hydrogen (secondary N) is 1. The maximum Gasteiger partial charge on any atom is 0.321 e. The van der Waals surface area contributed by atoms with Gasteiger partial charge in [0, 0.05) is 32.0 Å². The van der Waals surface area contributed by atoms with Gasteiger partial charge in [0.25, 0.3) is 0 Å². The molecule has 1 aliphatic carbocycles. The molecule has 2 rings (SSSR count). The van der Waals surface area contributed by atoms with Crippen molar-refractivity contribution >= 4 is 11.9 Å². The van der Waals surface area contributed by atoms with Crippen LogP contribution in [0.1, 0.15) is 25.7 Å². The lowest BCUT2D eigenvalue weighted by Crippen LogP contribution is -2.38. The van der Waals surface area contributed by atoms with Crippen molar-refractivity contribution in [3.05, 3.63) is 0 Å². The Balaban J connectivity index is 1.76. The highest BCUT2D eigenvalue weighted by molar-refractivity contribution is 5.77. The zero-order valence-corrected chi connectivity index (χ0v) is 9.63. The van der Waals surface area contributed by atoms with Gasteiger partial charge in [0.05, 0.1) is 6.10 Å². The molecular weight excluding hydrogens is 224 g/mol. The number of carbonyl (C=O) groups excluding carboxylic acids is 1. The monoisotopic (exact) mass is 242 g/mol. The maximum absolute atomic E-state index is 11.5. The molecule has 2 atom stereocenters. The van der Waals surface area contributed by atoms with Gasteiger partial charge in [-0.1, -0.05) is 0 Å². The quantitative estimate of drug-likeness (QED) is 0.586. The molecule has 96 valence electrons. The molecule has 1 aliphatic heterocycles. The van der Waals surface area contributed by atoms with E-state index in [1.54, 1.807) is 4.90 Å². The Kier molecular flexibility index (Phi) is 3.63. The van der Waals surface area contributed by atoms with Crippen molar-refractivity contribution in [2.75, 3.05) is 13.1 Å². The first kappa shape index (κ1) is 12.3. The van der Waals surface area contributed by atoms with Crippen LogP contribution in [0.5, 0.6) is 0 Å². The number of nitrogens with zero attached hydrogens (tertiary/aromatic N) is 1. The van der Waals surface area contributed by atoms with Crippen LogP contribution < -0.4 is 5.32 Å². The fourth-order valence-electron chi connectivity index (χ4n) is 2.16. The molecule has 2 unspecified atom stereocenters. The molecule has 6 heteroatoms. The first-order chi connectivity index (χ1) is 8.06. The molecule has 0 aromatic carbocycles. The summed E-state index contributed by atoms with van der Waals surface area (Å²) in [5.41, 5.74) is 0. The third-order valence-corrected chi connectivity index (χ3v) is 3.23. The Morgan fingerprint density at radius 3 is 2.65 bits per heavy atom. The number of carbonyl (C=O) groups is 2. The van der Waals surface area contributed by atoms with Crippen LogP contribution in [0.15, 0.2) is 0 Å². The second-order valence-electron chi connectivity index (χ2n) is 4.83. The normalized spacial score (nSPS) is 29.2. The number of carboxylic acid groups (broad SMARTS) is 1. The number of amides is 1. The zero-order chi connectivity index (χ0) is 12.4. The molecule has 0 radical (unpaired) electrons. The molecule has 0 spiro atoms. The highest BCUT2D eigenvalue weighted by Gasteiger charge is 2.35. The predicted molar refractivity (Wildman–Crippen MR) is 59.4 cm³/mol. The van der Waals surface area contributed by atoms with Gasteiger partial charge in [-0.25, -0.2) is 0 Å². The molecule has 0 bridgehead atoms. The van der Waals surface area contributed by atoms with Crippen molar-refractivity contribution in [1.29, 1.82) is 0 Å². The summed E-state index contributed by atoms with van der Waals surface area (Å²) in [5.74, 6) is -0.956. The Hall–Kier alpha value is -1.14. The fourth-order valence-corrected chi connectivity index (χ4v) is 2.16. The summed E-state index contributed by atoms with van der Waals surface area (Å²) in [4.78, 5) is 24.1. The van der Waals surface area contributed by atoms with E-state index in [4.69, 9.17) is 5.11 Å². The van der Waals surface area contributed by atoms with Gasteiger partial charge in [0.1, 0.15) is 6.04 Å². The first-order valence-corrected chi connectivity index (χ1v) is 6.00. The second kappa shape index (κ2) is 5.01. The number of aliphatic hydroxyl groups excluding tert-OH is 1. The fraction of sp³-hybridized carbons (Fsp3) is 0.818. The van der Waals surface area contributed by atoms with Crippen LogP contribution in [0, 0.1) is 0 Å². The molecular formula is C11H18N2O4. The zero-order valence-electron chi connectivity index (χ0n) is 9.63. The lowest BCUT2D eigenvalue weighted by atomic mass is 10.2. The van der Waals surface area contributed by atoms with Gasteiger partial charge in [-0.05, 0) is 12.8 Å². The van der Waals surface area contributed by atoms with E-state index >= 15 is 0 Å². The van der Waals surface area contributed by atoms with Gasteiger partial charge < -0.3 is 15.5 Å². The number of carboxylic acids is 1. The van der Waals surface area contributed by atoms with Gasteiger partial charge >= 0.3 is 5.97 Å². The molecule has 0 aromatic rings. The van der Waals surface area contributed by atoms with Gasteiger partial charge in [0.2, 0.25) is 5.91 Å². The van der Waals surface area contributed by atoms with Gasteiger partial charge in [-0.2, -0.15) is 0 Å². The van der Waals surface area contributed by atoms with E-state index in [9.17, 15) is 14.7 Å². The Morgan fingerprint density at radius 2 is 2.06 bits per heavy atom. The molecule has 1 saturated heterocycles. The van der Waals surface area contributed by atoms with Crippen LogP contribution >= 0.6 is 0 Å². The van der Waals surface area contributed by atoms with Crippen LogP contribution in [0.25, 0.3) is 0 Å². The SMILES string of the molecule is O=C(CCN1CC(O)CC1C(=O)O)NC1CC1. The topological polar surface area (TPSA) is 89.9 Å². The summed E-state index contributed by atoms with van der Waals surface area (Å²) in [6.07, 6.45) is 2.05. The molecule has 0 aromatic heterocycles. The van der Waals surface area contributed by atoms with E-state index in [2.05, 4.69) is 5.32 Å². The maximum atomic E-state index is 11.5. The van der Waals surface area contributed by atoms with E-state index in [0.29, 0.717) is 25.6 Å². The van der Waals surface area contributed by atoms with Gasteiger partial charge in [0.15, 0.2) is 0 Å². The van der Waals surface area contributed by atoms with Crippen molar-refractivity contribution in [3.8, 4) is 0 Å². The number of hydrogen-bond donors (Lipinski definition) is 3. The third kappa shape index (κ3) is 3.41. The van der Waals surface area contributed by atoms with Crippen molar-refractivity contribution in [2.24, 2.45) is 0 Å². The molecule has 2 fully saturated rings. The average Bonchev–Trinajstić information content (AvgIpc) is 2.97. The lowest BCUT2D eigenvalue weighted by molar-refractivity contribution is -0.142. The number of hydrogen-bond acceptors (Lipinski definition) is 4. The highest BCUT2D eigenvalue weighted by Crippen LogP contribution is 2.20. The summed E-state index contributed by atoms with van der Waals surface area (Å²) >= 11 is 0. The summed E-state index contributed by atoms with van der Waals surface area (Å²) in [7, 11) is 0. The predicted octanol–water partition coefficient (Wildman–Crippen LogP) is -0.825. The number of likely N-dealkylation sites (tertiary alicyclic amines) is 1. The molecule has 1 heterocycles. The standard InChI is InChI=1S/C11H18N2O4/c14-8-5-9(11(16)17)13(6-8)4-3-10(15)12-7-1-2-7/h7-9,14H,1-6H2,(H,12,15)(H,16,17). The number of β-amino-alcohol motifs (C(OH)–C–C–N with tert-alkyl or cyclic N) is 1. The molecule has 3 N–H and O–H groups in total. The van der Waals surface area contributed by atoms with Crippen LogP contribution in [-0.2, 0) is 9.59 Å². The van der Waals surface area contributed by atoms with E-state index < -0.39 is 18.1 Å². The molecule has 17 heavy (non-hydrogen) atoms. The second-order valence-corrected chi connectivity index (χ2v) is 4.83.